The molecule has 0 bridgehead atoms. The molecule has 0 saturated heterocycles. The molecule has 0 spiro atoms. The summed E-state index contributed by atoms with van der Waals surface area (Å²) in [6.07, 6.45) is 5.24. The van der Waals surface area contributed by atoms with Gasteiger partial charge in [0.05, 0.1) is 13.3 Å². The van der Waals surface area contributed by atoms with Crippen LogP contribution >= 0.6 is 11.8 Å². The number of aryl methyl sites for hydroxylation is 2. The number of rotatable bonds is 6. The summed E-state index contributed by atoms with van der Waals surface area (Å²) in [5.74, 6) is 0.662. The van der Waals surface area contributed by atoms with E-state index in [2.05, 4.69) is 16.0 Å². The average Bonchev–Trinajstić information content (AvgIpc) is 2.78. The van der Waals surface area contributed by atoms with Gasteiger partial charge in [-0.25, -0.2) is 9.97 Å². The van der Waals surface area contributed by atoms with Crippen LogP contribution in [0.4, 0.5) is 5.69 Å². The molecule has 3 heterocycles. The van der Waals surface area contributed by atoms with Crippen LogP contribution in [-0.2, 0) is 23.5 Å². The zero-order chi connectivity index (χ0) is 21.8. The number of thioether (sulfide) groups is 1. The van der Waals surface area contributed by atoms with Gasteiger partial charge in [-0.2, -0.15) is 0 Å². The summed E-state index contributed by atoms with van der Waals surface area (Å²) in [5, 5.41) is 0.631. The fourth-order valence-corrected chi connectivity index (χ4v) is 4.55. The second-order valence-corrected chi connectivity index (χ2v) is 8.31. The number of carbonyl (C=O) groups excluding carboxylic acids is 1. The van der Waals surface area contributed by atoms with Crippen molar-refractivity contribution in [2.75, 3.05) is 18.6 Å². The standard InChI is InChI=1S/C23H24N4O3S/c1-16-9-10-24-23(25-16)31-15-18-12-20(28)21(30-2)13-26(18)14-22(29)27-11-5-7-17-6-3-4-8-19(17)27/h3-4,6,8-10,12-13H,5,7,11,14-15H2,1-2H3. The smallest absolute Gasteiger partial charge is 0.246 e. The quantitative estimate of drug-likeness (QED) is 0.436. The van der Waals surface area contributed by atoms with Crippen molar-refractivity contribution in [3.05, 3.63) is 76.0 Å². The number of carbonyl (C=O) groups is 1. The lowest BCUT2D eigenvalue weighted by atomic mass is 10.0. The van der Waals surface area contributed by atoms with Crippen molar-refractivity contribution in [3.63, 3.8) is 0 Å². The largest absolute Gasteiger partial charge is 0.491 e. The Morgan fingerprint density at radius 1 is 1.26 bits per heavy atom. The molecule has 2 aromatic heterocycles. The maximum Gasteiger partial charge on any atom is 0.246 e. The molecule has 0 radical (unpaired) electrons. The SMILES string of the molecule is COc1cn(CC(=O)N2CCCc3ccccc32)c(CSc2nccc(C)n2)cc1=O. The van der Waals surface area contributed by atoms with Crippen molar-refractivity contribution in [2.24, 2.45) is 0 Å². The minimum Gasteiger partial charge on any atom is -0.491 e. The van der Waals surface area contributed by atoms with Gasteiger partial charge in [0.1, 0.15) is 6.54 Å². The lowest BCUT2D eigenvalue weighted by Gasteiger charge is -2.30. The molecule has 1 amide bonds. The molecule has 3 aromatic rings. The maximum absolute atomic E-state index is 13.2. The van der Waals surface area contributed by atoms with Crippen LogP contribution in [0.2, 0.25) is 0 Å². The van der Waals surface area contributed by atoms with E-state index >= 15 is 0 Å². The highest BCUT2D eigenvalue weighted by Crippen LogP contribution is 2.27. The molecule has 4 rings (SSSR count). The summed E-state index contributed by atoms with van der Waals surface area (Å²) in [5.41, 5.74) is 3.54. The van der Waals surface area contributed by atoms with Crippen molar-refractivity contribution < 1.29 is 9.53 Å². The van der Waals surface area contributed by atoms with E-state index in [0.717, 1.165) is 29.9 Å². The molecule has 1 aliphatic heterocycles. The van der Waals surface area contributed by atoms with E-state index < -0.39 is 0 Å². The number of para-hydroxylation sites is 1. The Balaban J connectivity index is 1.59. The van der Waals surface area contributed by atoms with E-state index in [-0.39, 0.29) is 23.6 Å². The fraction of sp³-hybridized carbons (Fsp3) is 0.304. The second-order valence-electron chi connectivity index (χ2n) is 7.37. The van der Waals surface area contributed by atoms with E-state index in [4.69, 9.17) is 4.74 Å². The Bertz CT molecular complexity index is 1160. The zero-order valence-corrected chi connectivity index (χ0v) is 18.4. The Labute approximate surface area is 185 Å². The number of aromatic nitrogens is 3. The van der Waals surface area contributed by atoms with Crippen molar-refractivity contribution in [3.8, 4) is 5.75 Å². The number of hydrogen-bond acceptors (Lipinski definition) is 6. The number of hydrogen-bond donors (Lipinski definition) is 0. The minimum absolute atomic E-state index is 0.0177. The highest BCUT2D eigenvalue weighted by atomic mass is 32.2. The predicted octanol–water partition coefficient (Wildman–Crippen LogP) is 3.23. The monoisotopic (exact) mass is 436 g/mol. The number of fused-ring (bicyclic) bond motifs is 1. The highest BCUT2D eigenvalue weighted by Gasteiger charge is 2.23. The molecular weight excluding hydrogens is 412 g/mol. The number of benzene rings is 1. The topological polar surface area (TPSA) is 77.3 Å². The Morgan fingerprint density at radius 2 is 2.10 bits per heavy atom. The van der Waals surface area contributed by atoms with Crippen molar-refractivity contribution in [1.82, 2.24) is 14.5 Å². The van der Waals surface area contributed by atoms with Gasteiger partial charge in [0.15, 0.2) is 10.9 Å². The summed E-state index contributed by atoms with van der Waals surface area (Å²) in [7, 11) is 1.46. The predicted molar refractivity (Wildman–Crippen MR) is 121 cm³/mol. The normalized spacial score (nSPS) is 13.0. The van der Waals surface area contributed by atoms with Gasteiger partial charge < -0.3 is 14.2 Å². The van der Waals surface area contributed by atoms with Gasteiger partial charge >= 0.3 is 0 Å². The molecule has 8 heteroatoms. The van der Waals surface area contributed by atoms with Crippen molar-refractivity contribution in [1.29, 1.82) is 0 Å². The first-order valence-corrected chi connectivity index (χ1v) is 11.1. The third-order valence-electron chi connectivity index (χ3n) is 5.24. The third-order valence-corrected chi connectivity index (χ3v) is 6.14. The minimum atomic E-state index is -0.213. The molecule has 0 atom stereocenters. The van der Waals surface area contributed by atoms with Gasteiger partial charge in [0.2, 0.25) is 11.3 Å². The van der Waals surface area contributed by atoms with Gasteiger partial charge in [0, 0.05) is 41.6 Å². The van der Waals surface area contributed by atoms with Crippen LogP contribution in [0.15, 0.2) is 58.7 Å². The number of anilines is 1. The van der Waals surface area contributed by atoms with Crippen LogP contribution < -0.4 is 15.1 Å². The summed E-state index contributed by atoms with van der Waals surface area (Å²) in [4.78, 5) is 36.1. The van der Waals surface area contributed by atoms with Crippen LogP contribution in [0.3, 0.4) is 0 Å². The summed E-state index contributed by atoms with van der Waals surface area (Å²) in [6.45, 7) is 2.72. The van der Waals surface area contributed by atoms with Crippen LogP contribution in [-0.4, -0.2) is 34.1 Å². The van der Waals surface area contributed by atoms with Crippen LogP contribution in [0.25, 0.3) is 0 Å². The number of pyridine rings is 1. The summed E-state index contributed by atoms with van der Waals surface area (Å²) in [6, 6.07) is 11.4. The summed E-state index contributed by atoms with van der Waals surface area (Å²) >= 11 is 1.43. The molecule has 31 heavy (non-hydrogen) atoms. The van der Waals surface area contributed by atoms with Gasteiger partial charge in [-0.3, -0.25) is 9.59 Å². The van der Waals surface area contributed by atoms with E-state index in [1.165, 1.54) is 30.5 Å². The Morgan fingerprint density at radius 3 is 2.90 bits per heavy atom. The molecule has 0 N–H and O–H groups in total. The molecule has 7 nitrogen and oxygen atoms in total. The molecule has 0 unspecified atom stereocenters. The molecule has 1 aliphatic rings. The van der Waals surface area contributed by atoms with E-state index in [1.807, 2.05) is 36.1 Å². The Hall–Kier alpha value is -3.13. The number of amides is 1. The Kier molecular flexibility index (Phi) is 6.36. The van der Waals surface area contributed by atoms with Crippen LogP contribution in [0.5, 0.6) is 5.75 Å². The van der Waals surface area contributed by atoms with Gasteiger partial charge in [-0.1, -0.05) is 30.0 Å². The molecule has 0 fully saturated rings. The van der Waals surface area contributed by atoms with E-state index in [9.17, 15) is 9.59 Å². The van der Waals surface area contributed by atoms with Gasteiger partial charge in [-0.05, 0) is 37.5 Å². The first kappa shape index (κ1) is 21.1. The first-order valence-electron chi connectivity index (χ1n) is 10.1. The zero-order valence-electron chi connectivity index (χ0n) is 17.6. The number of nitrogens with zero attached hydrogens (tertiary/aromatic N) is 4. The molecule has 1 aromatic carbocycles. The van der Waals surface area contributed by atoms with Gasteiger partial charge in [-0.15, -0.1) is 0 Å². The first-order chi connectivity index (χ1) is 15.0. The number of ether oxygens (including phenoxy) is 1. The average molecular weight is 437 g/mol. The third kappa shape index (κ3) is 4.80. The van der Waals surface area contributed by atoms with Crippen molar-refractivity contribution >= 4 is 23.4 Å². The van der Waals surface area contributed by atoms with Gasteiger partial charge in [0.25, 0.3) is 0 Å². The molecule has 160 valence electrons. The lowest BCUT2D eigenvalue weighted by molar-refractivity contribution is -0.119. The fourth-order valence-electron chi connectivity index (χ4n) is 3.68. The molecule has 0 saturated carbocycles. The summed E-state index contributed by atoms with van der Waals surface area (Å²) < 4.78 is 7.01. The molecule has 0 aliphatic carbocycles. The molecular formula is C23H24N4O3S. The van der Waals surface area contributed by atoms with Crippen molar-refractivity contribution in [2.45, 2.75) is 37.2 Å². The van der Waals surface area contributed by atoms with Crippen LogP contribution in [0.1, 0.15) is 23.4 Å². The highest BCUT2D eigenvalue weighted by molar-refractivity contribution is 7.98. The number of methoxy groups -OCH3 is 1. The van der Waals surface area contributed by atoms with Crippen LogP contribution in [0, 0.1) is 6.92 Å². The van der Waals surface area contributed by atoms with E-state index in [1.54, 1.807) is 17.0 Å². The lowest BCUT2D eigenvalue weighted by Crippen LogP contribution is -2.38. The maximum atomic E-state index is 13.2. The second kappa shape index (κ2) is 9.34. The van der Waals surface area contributed by atoms with E-state index in [0.29, 0.717) is 17.5 Å².